The lowest BCUT2D eigenvalue weighted by molar-refractivity contribution is -0.119. The van der Waals surface area contributed by atoms with Crippen molar-refractivity contribution in [1.82, 2.24) is 5.32 Å². The zero-order chi connectivity index (χ0) is 15.5. The Morgan fingerprint density at radius 2 is 2.09 bits per heavy atom. The Hall–Kier alpha value is -1.52. The van der Waals surface area contributed by atoms with E-state index in [1.165, 1.54) is 0 Å². The quantitative estimate of drug-likeness (QED) is 0.875. The molecule has 2 rings (SSSR count). The number of para-hydroxylation sites is 1. The number of nitrogens with two attached hydrogens (primary N) is 1. The molecule has 0 radical (unpaired) electrons. The number of amides is 1. The normalized spacial score (nSPS) is 15.8. The molecule has 0 fully saturated rings. The molecule has 0 bridgehead atoms. The maximum atomic E-state index is 12.4. The number of hydrogen-bond donors (Lipinski definition) is 2. The number of halogens is 1. The minimum absolute atomic E-state index is 0. The number of carbonyl (C=O) groups excluding carboxylic acids is 1. The number of hydrogen-bond acceptors (Lipinski definition) is 3. The van der Waals surface area contributed by atoms with E-state index in [0.29, 0.717) is 24.6 Å². The first-order valence-electron chi connectivity index (χ1n) is 7.38. The molecule has 0 spiro atoms. The number of fused-ring (bicyclic) bond motifs is 1. The van der Waals surface area contributed by atoms with Gasteiger partial charge in [-0.1, -0.05) is 32.0 Å². The zero-order valence-corrected chi connectivity index (χ0v) is 14.2. The number of benzene rings is 1. The highest BCUT2D eigenvalue weighted by atomic mass is 35.5. The van der Waals surface area contributed by atoms with Crippen molar-refractivity contribution in [2.24, 2.45) is 11.7 Å². The molecule has 0 aliphatic carbocycles. The predicted octanol–water partition coefficient (Wildman–Crippen LogP) is 2.76. The highest BCUT2D eigenvalue weighted by Crippen LogP contribution is 2.26. The Balaban J connectivity index is 0.00000242. The van der Waals surface area contributed by atoms with Gasteiger partial charge < -0.3 is 15.8 Å². The third kappa shape index (κ3) is 4.49. The van der Waals surface area contributed by atoms with E-state index in [2.05, 4.69) is 19.2 Å². The average Bonchev–Trinajstić information content (AvgIpc) is 2.45. The molecular formula is C17H25ClN2O2. The fraction of sp³-hybridized carbons (Fsp3) is 0.471. The topological polar surface area (TPSA) is 64.3 Å². The van der Waals surface area contributed by atoms with E-state index in [1.807, 2.05) is 37.3 Å². The van der Waals surface area contributed by atoms with Gasteiger partial charge in [0.2, 0.25) is 0 Å². The van der Waals surface area contributed by atoms with E-state index in [0.717, 1.165) is 17.7 Å². The van der Waals surface area contributed by atoms with Crippen LogP contribution in [0.1, 0.15) is 32.8 Å². The SMILES string of the molecule is CC(C)CC(C)(CN)NC(=O)C1=Cc2ccccc2OC1.Cl. The van der Waals surface area contributed by atoms with Gasteiger partial charge in [-0.3, -0.25) is 4.79 Å². The molecule has 122 valence electrons. The molecule has 1 aromatic carbocycles. The molecule has 0 aromatic heterocycles. The van der Waals surface area contributed by atoms with Crippen LogP contribution in [0.2, 0.25) is 0 Å². The van der Waals surface area contributed by atoms with Crippen LogP contribution in [0.5, 0.6) is 5.75 Å². The Labute approximate surface area is 138 Å². The van der Waals surface area contributed by atoms with Crippen LogP contribution in [0.4, 0.5) is 0 Å². The minimum atomic E-state index is -0.386. The second-order valence-electron chi connectivity index (χ2n) is 6.31. The van der Waals surface area contributed by atoms with Crippen LogP contribution in [-0.4, -0.2) is 24.6 Å². The fourth-order valence-corrected chi connectivity index (χ4v) is 2.69. The largest absolute Gasteiger partial charge is 0.488 e. The molecule has 1 aliphatic heterocycles. The first-order valence-corrected chi connectivity index (χ1v) is 7.38. The van der Waals surface area contributed by atoms with Crippen molar-refractivity contribution >= 4 is 24.4 Å². The fourth-order valence-electron chi connectivity index (χ4n) is 2.69. The molecule has 1 amide bonds. The summed E-state index contributed by atoms with van der Waals surface area (Å²) in [5.74, 6) is 1.19. The van der Waals surface area contributed by atoms with Crippen molar-refractivity contribution in [2.45, 2.75) is 32.7 Å². The number of rotatable bonds is 5. The Morgan fingerprint density at radius 1 is 1.41 bits per heavy atom. The average molecular weight is 325 g/mol. The molecule has 4 nitrogen and oxygen atoms in total. The molecule has 22 heavy (non-hydrogen) atoms. The molecular weight excluding hydrogens is 300 g/mol. The summed E-state index contributed by atoms with van der Waals surface area (Å²) >= 11 is 0. The lowest BCUT2D eigenvalue weighted by atomic mass is 9.90. The van der Waals surface area contributed by atoms with E-state index < -0.39 is 0 Å². The smallest absolute Gasteiger partial charge is 0.251 e. The molecule has 1 aliphatic rings. The lowest BCUT2D eigenvalue weighted by Gasteiger charge is -2.32. The number of nitrogens with one attached hydrogen (secondary N) is 1. The maximum Gasteiger partial charge on any atom is 0.251 e. The Morgan fingerprint density at radius 3 is 2.73 bits per heavy atom. The zero-order valence-electron chi connectivity index (χ0n) is 13.4. The molecule has 0 saturated carbocycles. The van der Waals surface area contributed by atoms with Gasteiger partial charge in [-0.05, 0) is 31.4 Å². The Kier molecular flexibility index (Phi) is 6.45. The van der Waals surface area contributed by atoms with Crippen molar-refractivity contribution in [3.63, 3.8) is 0 Å². The minimum Gasteiger partial charge on any atom is -0.488 e. The summed E-state index contributed by atoms with van der Waals surface area (Å²) in [7, 11) is 0. The van der Waals surface area contributed by atoms with Gasteiger partial charge in [0.25, 0.3) is 5.91 Å². The van der Waals surface area contributed by atoms with E-state index in [-0.39, 0.29) is 23.9 Å². The van der Waals surface area contributed by atoms with Crippen LogP contribution < -0.4 is 15.8 Å². The maximum absolute atomic E-state index is 12.4. The van der Waals surface area contributed by atoms with Gasteiger partial charge in [-0.25, -0.2) is 0 Å². The summed E-state index contributed by atoms with van der Waals surface area (Å²) in [4.78, 5) is 12.4. The van der Waals surface area contributed by atoms with Gasteiger partial charge in [-0.2, -0.15) is 0 Å². The summed E-state index contributed by atoms with van der Waals surface area (Å²) < 4.78 is 5.63. The highest BCUT2D eigenvalue weighted by molar-refractivity contribution is 5.99. The number of carbonyl (C=O) groups is 1. The van der Waals surface area contributed by atoms with Crippen LogP contribution in [0.25, 0.3) is 6.08 Å². The lowest BCUT2D eigenvalue weighted by Crippen LogP contribution is -2.52. The van der Waals surface area contributed by atoms with E-state index in [1.54, 1.807) is 0 Å². The van der Waals surface area contributed by atoms with Crippen LogP contribution in [-0.2, 0) is 4.79 Å². The van der Waals surface area contributed by atoms with Crippen LogP contribution in [0, 0.1) is 5.92 Å². The van der Waals surface area contributed by atoms with Crippen LogP contribution in [0.15, 0.2) is 29.8 Å². The summed E-state index contributed by atoms with van der Waals surface area (Å²) in [5, 5.41) is 3.06. The van der Waals surface area contributed by atoms with Gasteiger partial charge in [0.1, 0.15) is 12.4 Å². The van der Waals surface area contributed by atoms with Crippen molar-refractivity contribution in [2.75, 3.05) is 13.2 Å². The van der Waals surface area contributed by atoms with Crippen LogP contribution >= 0.6 is 12.4 Å². The van der Waals surface area contributed by atoms with Crippen molar-refractivity contribution in [3.8, 4) is 5.75 Å². The predicted molar refractivity (Wildman–Crippen MR) is 92.2 cm³/mol. The second kappa shape index (κ2) is 7.65. The van der Waals surface area contributed by atoms with Crippen molar-refractivity contribution in [3.05, 3.63) is 35.4 Å². The van der Waals surface area contributed by atoms with Crippen molar-refractivity contribution in [1.29, 1.82) is 0 Å². The van der Waals surface area contributed by atoms with E-state index in [9.17, 15) is 4.79 Å². The third-order valence-electron chi connectivity index (χ3n) is 3.65. The summed E-state index contributed by atoms with van der Waals surface area (Å²) in [6.07, 6.45) is 2.74. The molecule has 1 atom stereocenters. The first-order chi connectivity index (χ1) is 9.93. The van der Waals surface area contributed by atoms with Gasteiger partial charge in [0, 0.05) is 17.6 Å². The summed E-state index contributed by atoms with van der Waals surface area (Å²) in [6.45, 7) is 6.95. The van der Waals surface area contributed by atoms with Gasteiger partial charge in [0.05, 0.1) is 5.57 Å². The molecule has 0 saturated heterocycles. The monoisotopic (exact) mass is 324 g/mol. The number of ether oxygens (including phenoxy) is 1. The van der Waals surface area contributed by atoms with Crippen LogP contribution in [0.3, 0.4) is 0 Å². The molecule has 5 heteroatoms. The van der Waals surface area contributed by atoms with Gasteiger partial charge in [0.15, 0.2) is 0 Å². The molecule has 1 heterocycles. The summed E-state index contributed by atoms with van der Waals surface area (Å²) in [5.41, 5.74) is 7.03. The molecule has 1 aromatic rings. The third-order valence-corrected chi connectivity index (χ3v) is 3.65. The van der Waals surface area contributed by atoms with E-state index in [4.69, 9.17) is 10.5 Å². The standard InChI is InChI=1S/C17H24N2O2.ClH/c1-12(2)9-17(3,11-18)19-16(20)14-8-13-6-4-5-7-15(13)21-10-14;/h4-8,12H,9-11,18H2,1-3H3,(H,19,20);1H. The first kappa shape index (κ1) is 18.5. The Bertz CT molecular complexity index is 557. The molecule has 1 unspecified atom stereocenters. The second-order valence-corrected chi connectivity index (χ2v) is 6.31. The molecule has 3 N–H and O–H groups in total. The van der Waals surface area contributed by atoms with Gasteiger partial charge >= 0.3 is 0 Å². The van der Waals surface area contributed by atoms with E-state index >= 15 is 0 Å². The van der Waals surface area contributed by atoms with Crippen molar-refractivity contribution < 1.29 is 9.53 Å². The summed E-state index contributed by atoms with van der Waals surface area (Å²) in [6, 6.07) is 7.70. The highest BCUT2D eigenvalue weighted by Gasteiger charge is 2.28. The van der Waals surface area contributed by atoms with Gasteiger partial charge in [-0.15, -0.1) is 12.4 Å².